The van der Waals surface area contributed by atoms with Gasteiger partial charge in [-0.2, -0.15) is 5.10 Å². The highest BCUT2D eigenvalue weighted by Crippen LogP contribution is 1.97. The molecule has 0 bridgehead atoms. The average Bonchev–Trinajstić information content (AvgIpc) is 2.35. The molecule has 0 aromatic carbocycles. The van der Waals surface area contributed by atoms with Gasteiger partial charge in [0.1, 0.15) is 6.54 Å². The second kappa shape index (κ2) is 7.12. The van der Waals surface area contributed by atoms with Gasteiger partial charge in [-0.05, 0) is 0 Å². The molecule has 0 spiro atoms. The molecule has 0 radical (unpaired) electrons. The minimum absolute atomic E-state index is 0.00954. The van der Waals surface area contributed by atoms with Crippen LogP contribution in [0.25, 0.3) is 0 Å². The number of carboxylic acid groups (broad SMARTS) is 1. The van der Waals surface area contributed by atoms with Gasteiger partial charge in [-0.1, -0.05) is 0 Å². The lowest BCUT2D eigenvalue weighted by molar-refractivity contribution is -0.137. The molecule has 0 fully saturated rings. The Bertz CT molecular complexity index is 399. The van der Waals surface area contributed by atoms with Crippen molar-refractivity contribution >= 4 is 17.9 Å². The first kappa shape index (κ1) is 13.8. The summed E-state index contributed by atoms with van der Waals surface area (Å²) in [7, 11) is 1.46. The molecule has 98 valence electrons. The summed E-state index contributed by atoms with van der Waals surface area (Å²) >= 11 is 0. The molecule has 0 aliphatic carbocycles. The molecule has 0 aliphatic heterocycles. The number of carbonyl (C=O) groups excluding carboxylic acids is 1. The zero-order valence-corrected chi connectivity index (χ0v) is 9.74. The van der Waals surface area contributed by atoms with Crippen LogP contribution in [-0.2, 0) is 9.53 Å². The quantitative estimate of drug-likeness (QED) is 0.699. The Kier molecular flexibility index (Phi) is 5.45. The van der Waals surface area contributed by atoms with Crippen molar-refractivity contribution in [2.24, 2.45) is 0 Å². The summed E-state index contributed by atoms with van der Waals surface area (Å²) in [5.41, 5.74) is 0. The first-order chi connectivity index (χ1) is 8.63. The van der Waals surface area contributed by atoms with Crippen molar-refractivity contribution in [3.63, 3.8) is 0 Å². The second-order valence-electron chi connectivity index (χ2n) is 3.20. The predicted octanol–water partition coefficient (Wildman–Crippen LogP) is -0.564. The molecule has 1 heterocycles. The lowest BCUT2D eigenvalue weighted by Gasteiger charge is -2.19. The Morgan fingerprint density at radius 1 is 1.50 bits per heavy atom. The molecule has 0 atom stereocenters. The number of nitrogens with one attached hydrogen (secondary N) is 1. The number of carbonyl (C=O) groups is 2. The lowest BCUT2D eigenvalue weighted by atomic mass is 10.5. The van der Waals surface area contributed by atoms with E-state index >= 15 is 0 Å². The van der Waals surface area contributed by atoms with Crippen LogP contribution in [0, 0.1) is 0 Å². The largest absolute Gasteiger partial charge is 0.480 e. The molecule has 1 aromatic rings. The monoisotopic (exact) mass is 255 g/mol. The summed E-state index contributed by atoms with van der Waals surface area (Å²) in [4.78, 5) is 27.2. The lowest BCUT2D eigenvalue weighted by Crippen LogP contribution is -2.41. The number of anilines is 1. The third kappa shape index (κ3) is 4.70. The Labute approximate surface area is 103 Å². The summed E-state index contributed by atoms with van der Waals surface area (Å²) in [6.07, 6.45) is 2.72. The first-order valence-electron chi connectivity index (χ1n) is 5.04. The van der Waals surface area contributed by atoms with Crippen LogP contribution in [0.1, 0.15) is 0 Å². The number of carboxylic acids is 1. The maximum Gasteiger partial charge on any atom is 0.324 e. The molecule has 9 heteroatoms. The molecule has 1 rings (SSSR count). The van der Waals surface area contributed by atoms with E-state index in [1.165, 1.54) is 19.5 Å². The third-order valence-corrected chi connectivity index (χ3v) is 1.88. The molecule has 18 heavy (non-hydrogen) atoms. The average molecular weight is 255 g/mol. The highest BCUT2D eigenvalue weighted by molar-refractivity contribution is 5.89. The van der Waals surface area contributed by atoms with Crippen molar-refractivity contribution in [3.8, 4) is 0 Å². The Hall–Kier alpha value is -2.29. The maximum atomic E-state index is 11.7. The number of aliphatic carboxylic acids is 1. The van der Waals surface area contributed by atoms with Crippen LogP contribution in [-0.4, -0.2) is 64.0 Å². The van der Waals surface area contributed by atoms with E-state index in [1.54, 1.807) is 0 Å². The van der Waals surface area contributed by atoms with Crippen molar-refractivity contribution < 1.29 is 19.4 Å². The van der Waals surface area contributed by atoms with Crippen molar-refractivity contribution in [1.29, 1.82) is 0 Å². The second-order valence-corrected chi connectivity index (χ2v) is 3.20. The van der Waals surface area contributed by atoms with E-state index in [1.807, 2.05) is 0 Å². The predicted molar refractivity (Wildman–Crippen MR) is 59.9 cm³/mol. The first-order valence-corrected chi connectivity index (χ1v) is 5.04. The SMILES string of the molecule is COCCN(CC(=O)O)C(=O)Nc1nccnn1. The highest BCUT2D eigenvalue weighted by atomic mass is 16.5. The van der Waals surface area contributed by atoms with E-state index in [9.17, 15) is 9.59 Å². The van der Waals surface area contributed by atoms with Crippen LogP contribution in [0.5, 0.6) is 0 Å². The number of nitrogens with zero attached hydrogens (tertiary/aromatic N) is 4. The van der Waals surface area contributed by atoms with Gasteiger partial charge >= 0.3 is 12.0 Å². The zero-order chi connectivity index (χ0) is 13.4. The molecule has 9 nitrogen and oxygen atoms in total. The molecular formula is C9H13N5O4. The van der Waals surface area contributed by atoms with Gasteiger partial charge in [0.05, 0.1) is 19.0 Å². The molecule has 0 aliphatic rings. The van der Waals surface area contributed by atoms with Crippen molar-refractivity contribution in [1.82, 2.24) is 20.1 Å². The van der Waals surface area contributed by atoms with Crippen LogP contribution in [0.4, 0.5) is 10.7 Å². The van der Waals surface area contributed by atoms with Gasteiger partial charge in [0, 0.05) is 13.7 Å². The summed E-state index contributed by atoms with van der Waals surface area (Å²) in [5.74, 6) is -1.11. The van der Waals surface area contributed by atoms with Crippen LogP contribution in [0.2, 0.25) is 0 Å². The Morgan fingerprint density at radius 2 is 2.28 bits per heavy atom. The summed E-state index contributed by atoms with van der Waals surface area (Å²) in [6.45, 7) is -0.0566. The number of methoxy groups -OCH3 is 1. The van der Waals surface area contributed by atoms with E-state index in [0.717, 1.165) is 4.90 Å². The smallest absolute Gasteiger partial charge is 0.324 e. The summed E-state index contributed by atoms with van der Waals surface area (Å²) < 4.78 is 4.80. The van der Waals surface area contributed by atoms with E-state index in [-0.39, 0.29) is 19.1 Å². The fourth-order valence-corrected chi connectivity index (χ4v) is 1.10. The number of ether oxygens (including phenoxy) is 1. The number of hydrogen-bond acceptors (Lipinski definition) is 6. The van der Waals surface area contributed by atoms with Gasteiger partial charge < -0.3 is 14.7 Å². The van der Waals surface area contributed by atoms with Crippen LogP contribution in [0.15, 0.2) is 12.4 Å². The molecular weight excluding hydrogens is 242 g/mol. The Balaban J connectivity index is 2.60. The molecule has 0 saturated carbocycles. The molecule has 2 amide bonds. The minimum Gasteiger partial charge on any atom is -0.480 e. The third-order valence-electron chi connectivity index (χ3n) is 1.88. The molecule has 1 aromatic heterocycles. The van der Waals surface area contributed by atoms with Crippen LogP contribution in [0.3, 0.4) is 0 Å². The van der Waals surface area contributed by atoms with E-state index in [2.05, 4.69) is 20.5 Å². The number of urea groups is 1. The van der Waals surface area contributed by atoms with Gasteiger partial charge in [-0.25, -0.2) is 9.78 Å². The topological polar surface area (TPSA) is 118 Å². The molecule has 0 unspecified atom stereocenters. The van der Waals surface area contributed by atoms with E-state index < -0.39 is 18.5 Å². The van der Waals surface area contributed by atoms with Gasteiger partial charge in [-0.3, -0.25) is 10.1 Å². The fourth-order valence-electron chi connectivity index (χ4n) is 1.10. The van der Waals surface area contributed by atoms with Gasteiger partial charge in [0.2, 0.25) is 0 Å². The van der Waals surface area contributed by atoms with Gasteiger partial charge in [0.15, 0.2) is 0 Å². The normalized spacial score (nSPS) is 9.83. The number of hydrogen-bond donors (Lipinski definition) is 2. The maximum absolute atomic E-state index is 11.7. The fraction of sp³-hybridized carbons (Fsp3) is 0.444. The highest BCUT2D eigenvalue weighted by Gasteiger charge is 2.17. The van der Waals surface area contributed by atoms with Crippen LogP contribution < -0.4 is 5.32 Å². The van der Waals surface area contributed by atoms with E-state index in [4.69, 9.17) is 9.84 Å². The van der Waals surface area contributed by atoms with Crippen molar-refractivity contribution in [2.75, 3.05) is 32.1 Å². The van der Waals surface area contributed by atoms with Crippen molar-refractivity contribution in [3.05, 3.63) is 12.4 Å². The Morgan fingerprint density at radius 3 is 2.83 bits per heavy atom. The van der Waals surface area contributed by atoms with Crippen LogP contribution >= 0.6 is 0 Å². The summed E-state index contributed by atoms with van der Waals surface area (Å²) in [6, 6.07) is -0.623. The van der Waals surface area contributed by atoms with Gasteiger partial charge in [-0.15, -0.1) is 5.10 Å². The molecule has 0 saturated heterocycles. The number of aromatic nitrogens is 3. The number of amides is 2. The standard InChI is InChI=1S/C9H13N5O4/c1-18-5-4-14(6-7(15)16)9(17)12-8-10-2-3-11-13-8/h2-3H,4-6H2,1H3,(H,15,16)(H,10,12,13,17). The van der Waals surface area contributed by atoms with Gasteiger partial charge in [0.25, 0.3) is 5.95 Å². The zero-order valence-electron chi connectivity index (χ0n) is 9.74. The summed E-state index contributed by atoms with van der Waals surface area (Å²) in [5, 5.41) is 18.1. The minimum atomic E-state index is -1.12. The van der Waals surface area contributed by atoms with Crippen molar-refractivity contribution in [2.45, 2.75) is 0 Å². The van der Waals surface area contributed by atoms with E-state index in [0.29, 0.717) is 0 Å². The molecule has 2 N–H and O–H groups in total. The number of rotatable bonds is 6.